The van der Waals surface area contributed by atoms with Crippen molar-refractivity contribution < 1.29 is 33.4 Å². The van der Waals surface area contributed by atoms with Crippen molar-refractivity contribution in [2.75, 3.05) is 18.6 Å². The Bertz CT molecular complexity index is 1410. The smallest absolute Gasteiger partial charge is 0.350 e. The van der Waals surface area contributed by atoms with E-state index in [2.05, 4.69) is 18.8 Å². The van der Waals surface area contributed by atoms with Gasteiger partial charge in [-0.15, -0.1) is 0 Å². The maximum atomic E-state index is 13.5. The van der Waals surface area contributed by atoms with Gasteiger partial charge in [0.05, 0.1) is 31.0 Å². The third-order valence-electron chi connectivity index (χ3n) is 6.06. The first-order valence-corrected chi connectivity index (χ1v) is 12.8. The molecule has 1 unspecified atom stereocenters. The summed E-state index contributed by atoms with van der Waals surface area (Å²) in [6, 6.07) is 10.8. The molecule has 1 N–H and O–H groups in total. The Morgan fingerprint density at radius 3 is 2.55 bits per heavy atom. The second-order valence-corrected chi connectivity index (χ2v) is 10.2. The predicted octanol–water partition coefficient (Wildman–Crippen LogP) is 5.43. The van der Waals surface area contributed by atoms with Crippen LogP contribution < -0.4 is 9.64 Å². The minimum atomic E-state index is -1.08. The minimum absolute atomic E-state index is 0.0966. The van der Waals surface area contributed by atoms with E-state index in [9.17, 15) is 23.9 Å². The molecule has 3 aromatic rings. The number of nitrogens with zero attached hydrogens (tertiary/aromatic N) is 2. The number of aryl methyl sites for hydroxylation is 1. The van der Waals surface area contributed by atoms with Gasteiger partial charge in [0.25, 0.3) is 5.78 Å². The van der Waals surface area contributed by atoms with E-state index in [1.54, 1.807) is 31.2 Å². The molecular formula is C28H27FN2O6S. The van der Waals surface area contributed by atoms with E-state index in [1.165, 1.54) is 19.2 Å². The number of carbonyl (C=O) groups excluding carboxylic acids is 3. The average Bonchev–Trinajstić information content (AvgIpc) is 3.40. The average molecular weight is 539 g/mol. The number of thiazole rings is 1. The van der Waals surface area contributed by atoms with Gasteiger partial charge in [-0.3, -0.25) is 14.5 Å². The highest BCUT2D eigenvalue weighted by Gasteiger charge is 2.48. The number of Topliss-reactive ketones (excluding diaryl/α,β-unsaturated/α-hetero) is 1. The van der Waals surface area contributed by atoms with Crippen molar-refractivity contribution >= 4 is 39.9 Å². The lowest BCUT2D eigenvalue weighted by Crippen LogP contribution is -2.29. The van der Waals surface area contributed by atoms with Crippen LogP contribution in [-0.2, 0) is 14.3 Å². The Morgan fingerprint density at radius 2 is 1.89 bits per heavy atom. The van der Waals surface area contributed by atoms with E-state index in [1.807, 2.05) is 0 Å². The van der Waals surface area contributed by atoms with Gasteiger partial charge in [-0.25, -0.2) is 14.2 Å². The van der Waals surface area contributed by atoms with Gasteiger partial charge in [0, 0.05) is 5.56 Å². The van der Waals surface area contributed by atoms with Crippen LogP contribution in [0.1, 0.15) is 52.8 Å². The van der Waals surface area contributed by atoms with E-state index in [-0.39, 0.29) is 21.1 Å². The van der Waals surface area contributed by atoms with Crippen LogP contribution in [0.5, 0.6) is 5.75 Å². The summed E-state index contributed by atoms with van der Waals surface area (Å²) in [6.07, 6.45) is 0.835. The van der Waals surface area contributed by atoms with Crippen molar-refractivity contribution in [3.63, 3.8) is 0 Å². The van der Waals surface area contributed by atoms with Crippen molar-refractivity contribution in [1.29, 1.82) is 0 Å². The summed E-state index contributed by atoms with van der Waals surface area (Å²) < 4.78 is 24.2. The first-order chi connectivity index (χ1) is 18.1. The highest BCUT2D eigenvalue weighted by Crippen LogP contribution is 2.44. The molecule has 198 valence electrons. The van der Waals surface area contributed by atoms with E-state index >= 15 is 0 Å². The fraction of sp³-hybridized carbons (Fsp3) is 0.286. The summed E-state index contributed by atoms with van der Waals surface area (Å²) in [5.74, 6) is -2.47. The number of esters is 1. The van der Waals surface area contributed by atoms with Crippen LogP contribution in [0, 0.1) is 18.7 Å². The SMILES string of the molecule is COC(=O)c1sc(N2C(=O)C(=O)/C(=C(/O)c3ccc(F)cc3)C2c2cccc(OCCC(C)C)c2)nc1C. The van der Waals surface area contributed by atoms with Crippen LogP contribution in [-0.4, -0.2) is 41.5 Å². The molecule has 1 fully saturated rings. The zero-order valence-corrected chi connectivity index (χ0v) is 22.2. The highest BCUT2D eigenvalue weighted by atomic mass is 32.1. The van der Waals surface area contributed by atoms with Crippen molar-refractivity contribution in [2.45, 2.75) is 33.2 Å². The minimum Gasteiger partial charge on any atom is -0.507 e. The molecule has 0 aliphatic carbocycles. The Labute approximate surface area is 223 Å². The second-order valence-electron chi connectivity index (χ2n) is 9.18. The summed E-state index contributed by atoms with van der Waals surface area (Å²) in [4.78, 5) is 44.7. The number of aromatic nitrogens is 1. The maximum absolute atomic E-state index is 13.5. The Kier molecular flexibility index (Phi) is 7.91. The normalized spacial score (nSPS) is 16.8. The number of anilines is 1. The van der Waals surface area contributed by atoms with Gasteiger partial charge < -0.3 is 14.6 Å². The number of ketones is 1. The number of amides is 1. The molecule has 1 aromatic heterocycles. The van der Waals surface area contributed by atoms with Crippen LogP contribution in [0.25, 0.3) is 5.76 Å². The number of benzene rings is 2. The summed E-state index contributed by atoms with van der Waals surface area (Å²) in [5.41, 5.74) is 0.807. The number of halogens is 1. The van der Waals surface area contributed by atoms with Crippen LogP contribution in [0.2, 0.25) is 0 Å². The number of aliphatic hydroxyl groups excluding tert-OH is 1. The molecule has 0 spiro atoms. The lowest BCUT2D eigenvalue weighted by molar-refractivity contribution is -0.132. The lowest BCUT2D eigenvalue weighted by Gasteiger charge is -2.23. The summed E-state index contributed by atoms with van der Waals surface area (Å²) in [7, 11) is 1.24. The Balaban J connectivity index is 1.87. The lowest BCUT2D eigenvalue weighted by atomic mass is 9.95. The van der Waals surface area contributed by atoms with Gasteiger partial charge in [0.15, 0.2) is 5.13 Å². The van der Waals surface area contributed by atoms with Crippen molar-refractivity contribution in [3.8, 4) is 5.75 Å². The summed E-state index contributed by atoms with van der Waals surface area (Å²) in [5, 5.41) is 11.3. The van der Waals surface area contributed by atoms with E-state index in [0.29, 0.717) is 29.5 Å². The van der Waals surface area contributed by atoms with Gasteiger partial charge in [-0.2, -0.15) is 0 Å². The molecule has 1 atom stereocenters. The molecule has 2 aromatic carbocycles. The Hall–Kier alpha value is -4.05. The van der Waals surface area contributed by atoms with Crippen LogP contribution in [0.4, 0.5) is 9.52 Å². The fourth-order valence-corrected chi connectivity index (χ4v) is 5.07. The topological polar surface area (TPSA) is 106 Å². The molecule has 1 aliphatic rings. The van der Waals surface area contributed by atoms with E-state index in [0.717, 1.165) is 34.8 Å². The molecule has 0 bridgehead atoms. The number of hydrogen-bond donors (Lipinski definition) is 1. The standard InChI is InChI=1S/C28H27FN2O6S/c1-15(2)12-13-37-20-7-5-6-18(14-20)22-21(23(32)17-8-10-19(29)11-9-17)24(33)26(34)31(22)28-30-16(3)25(38-28)27(35)36-4/h5-11,14-15,22,32H,12-13H2,1-4H3/b23-21+. The number of ether oxygens (including phenoxy) is 2. The molecule has 10 heteroatoms. The molecule has 4 rings (SSSR count). The van der Waals surface area contributed by atoms with Crippen LogP contribution in [0.15, 0.2) is 54.1 Å². The molecule has 8 nitrogen and oxygen atoms in total. The number of carbonyl (C=O) groups is 3. The van der Waals surface area contributed by atoms with Gasteiger partial charge >= 0.3 is 11.9 Å². The molecular weight excluding hydrogens is 511 g/mol. The van der Waals surface area contributed by atoms with Crippen molar-refractivity contribution in [2.24, 2.45) is 5.92 Å². The quantitative estimate of drug-likeness (QED) is 0.176. The molecule has 1 amide bonds. The predicted molar refractivity (Wildman–Crippen MR) is 141 cm³/mol. The summed E-state index contributed by atoms with van der Waals surface area (Å²) >= 11 is 0.909. The van der Waals surface area contributed by atoms with Gasteiger partial charge in [0.1, 0.15) is 22.2 Å². The maximum Gasteiger partial charge on any atom is 0.350 e. The van der Waals surface area contributed by atoms with Gasteiger partial charge in [0.2, 0.25) is 0 Å². The zero-order chi connectivity index (χ0) is 27.6. The molecule has 2 heterocycles. The first kappa shape index (κ1) is 27.0. The largest absolute Gasteiger partial charge is 0.507 e. The number of methoxy groups -OCH3 is 1. The zero-order valence-electron chi connectivity index (χ0n) is 21.4. The third kappa shape index (κ3) is 5.31. The molecule has 38 heavy (non-hydrogen) atoms. The van der Waals surface area contributed by atoms with E-state index in [4.69, 9.17) is 9.47 Å². The number of aliphatic hydroxyl groups is 1. The Morgan fingerprint density at radius 1 is 1.18 bits per heavy atom. The molecule has 1 aliphatic heterocycles. The number of rotatable bonds is 8. The van der Waals surface area contributed by atoms with Crippen LogP contribution >= 0.6 is 11.3 Å². The molecule has 0 radical (unpaired) electrons. The molecule has 0 saturated carbocycles. The monoisotopic (exact) mass is 538 g/mol. The van der Waals surface area contributed by atoms with Gasteiger partial charge in [-0.1, -0.05) is 37.3 Å². The summed E-state index contributed by atoms with van der Waals surface area (Å²) in [6.45, 7) is 6.24. The first-order valence-electron chi connectivity index (χ1n) is 12.0. The third-order valence-corrected chi connectivity index (χ3v) is 7.20. The van der Waals surface area contributed by atoms with Crippen molar-refractivity contribution in [1.82, 2.24) is 4.98 Å². The van der Waals surface area contributed by atoms with Crippen molar-refractivity contribution in [3.05, 3.63) is 81.6 Å². The second kappa shape index (κ2) is 11.1. The molecule has 1 saturated heterocycles. The van der Waals surface area contributed by atoms with E-state index < -0.39 is 35.3 Å². The highest BCUT2D eigenvalue weighted by molar-refractivity contribution is 7.17. The fourth-order valence-electron chi connectivity index (χ4n) is 4.06. The van der Waals surface area contributed by atoms with Crippen LogP contribution in [0.3, 0.4) is 0 Å². The number of hydrogen-bond acceptors (Lipinski definition) is 8. The van der Waals surface area contributed by atoms with Gasteiger partial charge in [-0.05, 0) is 61.2 Å².